The zero-order valence-electron chi connectivity index (χ0n) is 12.0. The topological polar surface area (TPSA) is 49.7 Å². The molecule has 0 aliphatic carbocycles. The Balaban J connectivity index is 1.95. The quantitative estimate of drug-likeness (QED) is 0.488. The fourth-order valence-corrected chi connectivity index (χ4v) is 3.26. The lowest BCUT2D eigenvalue weighted by molar-refractivity contribution is 0.428. The Morgan fingerprint density at radius 2 is 1.26 bits per heavy atom. The van der Waals surface area contributed by atoms with Crippen LogP contribution in [0.5, 0.6) is 23.0 Å². The van der Waals surface area contributed by atoms with Crippen LogP contribution in [0.4, 0.5) is 0 Å². The molecule has 2 N–H and O–H groups in total. The van der Waals surface area contributed by atoms with E-state index in [4.69, 9.17) is 4.74 Å². The summed E-state index contributed by atoms with van der Waals surface area (Å²) in [6.07, 6.45) is 0. The van der Waals surface area contributed by atoms with Crippen molar-refractivity contribution < 1.29 is 14.9 Å². The highest BCUT2D eigenvalue weighted by molar-refractivity contribution is 9.10. The molecule has 1 heterocycles. The normalized spacial score (nSPS) is 13.1. The van der Waals surface area contributed by atoms with Crippen molar-refractivity contribution in [1.29, 1.82) is 0 Å². The van der Waals surface area contributed by atoms with Gasteiger partial charge in [0.05, 0.1) is 0 Å². The second-order valence-electron chi connectivity index (χ2n) is 5.53. The predicted molar refractivity (Wildman–Crippen MR) is 91.4 cm³/mol. The van der Waals surface area contributed by atoms with Crippen LogP contribution in [0.3, 0.4) is 0 Å². The molecular weight excluding hydrogens is 356 g/mol. The highest BCUT2D eigenvalue weighted by atomic mass is 79.9. The molecule has 4 heteroatoms. The van der Waals surface area contributed by atoms with Crippen molar-refractivity contribution in [1.82, 2.24) is 0 Å². The zero-order chi connectivity index (χ0) is 16.0. The van der Waals surface area contributed by atoms with Crippen LogP contribution in [-0.4, -0.2) is 10.2 Å². The lowest BCUT2D eigenvalue weighted by Crippen LogP contribution is -2.11. The van der Waals surface area contributed by atoms with Crippen molar-refractivity contribution >= 4 is 15.9 Å². The maximum Gasteiger partial charge on any atom is 0.135 e. The Bertz CT molecular complexity index is 836. The molecule has 114 valence electrons. The predicted octanol–water partition coefficient (Wildman–Crippen LogP) is 5.15. The summed E-state index contributed by atoms with van der Waals surface area (Å²) in [5, 5.41) is 19.5. The first kappa shape index (κ1) is 14.2. The van der Waals surface area contributed by atoms with Gasteiger partial charge in [0.1, 0.15) is 23.0 Å². The number of halogens is 1. The minimum Gasteiger partial charge on any atom is -0.508 e. The number of benzene rings is 3. The maximum absolute atomic E-state index is 9.75. The van der Waals surface area contributed by atoms with Gasteiger partial charge in [-0.3, -0.25) is 0 Å². The van der Waals surface area contributed by atoms with E-state index in [2.05, 4.69) is 28.1 Å². The lowest BCUT2D eigenvalue weighted by Gasteiger charge is -2.29. The number of fused-ring (bicyclic) bond motifs is 2. The van der Waals surface area contributed by atoms with Crippen molar-refractivity contribution in [3.8, 4) is 23.0 Å². The average Bonchev–Trinajstić information content (AvgIpc) is 2.53. The summed E-state index contributed by atoms with van der Waals surface area (Å²) in [5.41, 5.74) is 3.10. The fraction of sp³-hybridized carbons (Fsp3) is 0.0526. The van der Waals surface area contributed by atoms with Crippen molar-refractivity contribution in [2.75, 3.05) is 0 Å². The van der Waals surface area contributed by atoms with E-state index < -0.39 is 0 Å². The van der Waals surface area contributed by atoms with Gasteiger partial charge in [-0.15, -0.1) is 0 Å². The van der Waals surface area contributed by atoms with Gasteiger partial charge in [-0.2, -0.15) is 0 Å². The standard InChI is InChI=1S/C19H13BrO3/c20-12-3-1-11(2-4-12)19-15-7-5-13(21)9-17(15)23-18-10-14(22)6-8-16(18)19/h1-10,19,21-22H. The zero-order valence-corrected chi connectivity index (χ0v) is 13.6. The number of phenols is 2. The molecule has 0 unspecified atom stereocenters. The van der Waals surface area contributed by atoms with Gasteiger partial charge in [0.2, 0.25) is 0 Å². The van der Waals surface area contributed by atoms with Crippen LogP contribution in [-0.2, 0) is 0 Å². The van der Waals surface area contributed by atoms with E-state index in [-0.39, 0.29) is 17.4 Å². The van der Waals surface area contributed by atoms with Gasteiger partial charge in [-0.05, 0) is 29.8 Å². The third-order valence-electron chi connectivity index (χ3n) is 4.04. The molecule has 0 amide bonds. The molecule has 23 heavy (non-hydrogen) atoms. The Hall–Kier alpha value is -2.46. The number of hydrogen-bond acceptors (Lipinski definition) is 3. The van der Waals surface area contributed by atoms with Crippen LogP contribution in [0.2, 0.25) is 0 Å². The summed E-state index contributed by atoms with van der Waals surface area (Å²) in [7, 11) is 0. The molecule has 0 atom stereocenters. The molecule has 3 aromatic carbocycles. The molecule has 1 aliphatic heterocycles. The van der Waals surface area contributed by atoms with Crippen LogP contribution in [0, 0.1) is 0 Å². The van der Waals surface area contributed by atoms with Crippen LogP contribution in [0.25, 0.3) is 0 Å². The van der Waals surface area contributed by atoms with Gasteiger partial charge < -0.3 is 14.9 Å². The highest BCUT2D eigenvalue weighted by Crippen LogP contribution is 2.49. The Kier molecular flexibility index (Phi) is 3.27. The lowest BCUT2D eigenvalue weighted by atomic mass is 9.82. The second kappa shape index (κ2) is 5.32. The first-order valence-corrected chi connectivity index (χ1v) is 8.00. The molecule has 3 nitrogen and oxygen atoms in total. The summed E-state index contributed by atoms with van der Waals surface area (Å²) in [4.78, 5) is 0. The smallest absolute Gasteiger partial charge is 0.135 e. The number of aromatic hydroxyl groups is 2. The van der Waals surface area contributed by atoms with E-state index in [1.165, 1.54) is 0 Å². The Morgan fingerprint density at radius 3 is 1.78 bits per heavy atom. The first-order valence-electron chi connectivity index (χ1n) is 7.21. The molecule has 0 fully saturated rings. The highest BCUT2D eigenvalue weighted by Gasteiger charge is 2.29. The number of rotatable bonds is 1. The number of phenolic OH excluding ortho intramolecular Hbond substituents is 2. The molecule has 1 aliphatic rings. The molecule has 3 aromatic rings. The number of ether oxygens (including phenoxy) is 1. The third kappa shape index (κ3) is 2.45. The van der Waals surface area contributed by atoms with Gasteiger partial charge in [0.15, 0.2) is 0 Å². The second-order valence-corrected chi connectivity index (χ2v) is 6.45. The van der Waals surface area contributed by atoms with Crippen molar-refractivity contribution in [2.45, 2.75) is 5.92 Å². The minimum absolute atomic E-state index is 0.0111. The van der Waals surface area contributed by atoms with Gasteiger partial charge in [-0.1, -0.05) is 40.2 Å². The van der Waals surface area contributed by atoms with Gasteiger partial charge >= 0.3 is 0 Å². The summed E-state index contributed by atoms with van der Waals surface area (Å²) in [6.45, 7) is 0. The van der Waals surface area contributed by atoms with Crippen LogP contribution in [0.1, 0.15) is 22.6 Å². The van der Waals surface area contributed by atoms with E-state index in [1.807, 2.05) is 24.3 Å². The Morgan fingerprint density at radius 1 is 0.739 bits per heavy atom. The molecule has 0 radical (unpaired) electrons. The Labute approximate surface area is 141 Å². The molecule has 4 rings (SSSR count). The summed E-state index contributed by atoms with van der Waals surface area (Å²) >= 11 is 3.46. The van der Waals surface area contributed by atoms with E-state index in [0.29, 0.717) is 11.5 Å². The molecule has 0 aromatic heterocycles. The molecule has 0 spiro atoms. The largest absolute Gasteiger partial charge is 0.508 e. The minimum atomic E-state index is -0.0111. The van der Waals surface area contributed by atoms with E-state index >= 15 is 0 Å². The summed E-state index contributed by atoms with van der Waals surface area (Å²) in [6, 6.07) is 18.4. The van der Waals surface area contributed by atoms with E-state index in [1.54, 1.807) is 24.3 Å². The third-order valence-corrected chi connectivity index (χ3v) is 4.57. The van der Waals surface area contributed by atoms with Crippen LogP contribution < -0.4 is 4.74 Å². The van der Waals surface area contributed by atoms with Crippen LogP contribution >= 0.6 is 15.9 Å². The van der Waals surface area contributed by atoms with E-state index in [0.717, 1.165) is 21.2 Å². The summed E-state index contributed by atoms with van der Waals surface area (Å²) < 4.78 is 6.90. The van der Waals surface area contributed by atoms with Gasteiger partial charge in [0.25, 0.3) is 0 Å². The molecule has 0 saturated carbocycles. The van der Waals surface area contributed by atoms with Gasteiger partial charge in [0, 0.05) is 33.7 Å². The monoisotopic (exact) mass is 368 g/mol. The van der Waals surface area contributed by atoms with Gasteiger partial charge in [-0.25, -0.2) is 0 Å². The fourth-order valence-electron chi connectivity index (χ4n) is 3.00. The van der Waals surface area contributed by atoms with Crippen molar-refractivity contribution in [3.63, 3.8) is 0 Å². The molecular formula is C19H13BrO3. The first-order chi connectivity index (χ1) is 11.1. The van der Waals surface area contributed by atoms with Crippen LogP contribution in [0.15, 0.2) is 65.1 Å². The summed E-state index contributed by atoms with van der Waals surface area (Å²) in [5.74, 6) is 1.51. The molecule has 0 bridgehead atoms. The van der Waals surface area contributed by atoms with Crippen molar-refractivity contribution in [3.05, 3.63) is 81.8 Å². The molecule has 0 saturated heterocycles. The SMILES string of the molecule is Oc1ccc2c(c1)Oc1cc(O)ccc1C2c1ccc(Br)cc1. The van der Waals surface area contributed by atoms with E-state index in [9.17, 15) is 10.2 Å². The van der Waals surface area contributed by atoms with Crippen molar-refractivity contribution in [2.24, 2.45) is 0 Å². The average molecular weight is 369 g/mol. The maximum atomic E-state index is 9.75. The number of hydrogen-bond donors (Lipinski definition) is 2.